The fourth-order valence-electron chi connectivity index (χ4n) is 3.01. The summed E-state index contributed by atoms with van der Waals surface area (Å²) >= 11 is 0. The van der Waals surface area contributed by atoms with Crippen LogP contribution in [0.2, 0.25) is 0 Å². The average Bonchev–Trinajstić information content (AvgIpc) is 2.54. The quantitative estimate of drug-likeness (QED) is 0.932. The lowest BCUT2D eigenvalue weighted by molar-refractivity contribution is 0.385. The van der Waals surface area contributed by atoms with Crippen LogP contribution in [0.25, 0.3) is 0 Å². The minimum absolute atomic E-state index is 0.237. The summed E-state index contributed by atoms with van der Waals surface area (Å²) in [7, 11) is 1.46. The predicted molar refractivity (Wildman–Crippen MR) is 82.1 cm³/mol. The zero-order chi connectivity index (χ0) is 14.8. The summed E-state index contributed by atoms with van der Waals surface area (Å²) in [4.78, 5) is 0. The summed E-state index contributed by atoms with van der Waals surface area (Å²) in [5.41, 5.74) is 11.1. The third-order valence-electron chi connectivity index (χ3n) is 4.27. The molecule has 1 unspecified atom stereocenters. The molecule has 2 nitrogen and oxygen atoms in total. The van der Waals surface area contributed by atoms with Gasteiger partial charge in [0.05, 0.1) is 13.2 Å². The number of rotatable bonds is 3. The number of hydrogen-bond acceptors (Lipinski definition) is 2. The van der Waals surface area contributed by atoms with Crippen molar-refractivity contribution >= 4 is 0 Å². The highest BCUT2D eigenvalue weighted by Gasteiger charge is 2.15. The van der Waals surface area contributed by atoms with E-state index in [4.69, 9.17) is 10.5 Å². The minimum atomic E-state index is -0.362. The van der Waals surface area contributed by atoms with E-state index in [0.717, 1.165) is 24.0 Å². The number of hydrogen-bond donors (Lipinski definition) is 1. The van der Waals surface area contributed by atoms with Gasteiger partial charge in [-0.15, -0.1) is 0 Å². The molecule has 0 heterocycles. The van der Waals surface area contributed by atoms with Gasteiger partial charge in [-0.1, -0.05) is 24.3 Å². The Morgan fingerprint density at radius 1 is 1.00 bits per heavy atom. The Balaban J connectivity index is 1.92. The molecule has 0 aliphatic heterocycles. The van der Waals surface area contributed by atoms with Gasteiger partial charge in [-0.05, 0) is 60.1 Å². The largest absolute Gasteiger partial charge is 0.494 e. The van der Waals surface area contributed by atoms with Gasteiger partial charge >= 0.3 is 0 Å². The smallest absolute Gasteiger partial charge is 0.165 e. The molecule has 2 aromatic rings. The van der Waals surface area contributed by atoms with Crippen LogP contribution in [0.4, 0.5) is 4.39 Å². The number of fused-ring (bicyclic) bond motifs is 1. The van der Waals surface area contributed by atoms with Gasteiger partial charge in [0.25, 0.3) is 0 Å². The second kappa shape index (κ2) is 5.86. The molecule has 1 aliphatic carbocycles. The van der Waals surface area contributed by atoms with E-state index in [1.165, 1.54) is 37.1 Å². The third-order valence-corrected chi connectivity index (χ3v) is 4.27. The van der Waals surface area contributed by atoms with E-state index in [1.807, 2.05) is 0 Å². The number of nitrogens with two attached hydrogens (primary N) is 1. The van der Waals surface area contributed by atoms with Crippen LogP contribution in [0.15, 0.2) is 36.4 Å². The molecule has 3 heteroatoms. The number of aryl methyl sites for hydroxylation is 2. The molecule has 3 rings (SSSR count). The average molecular weight is 285 g/mol. The lowest BCUT2D eigenvalue weighted by atomic mass is 9.88. The number of ether oxygens (including phenoxy) is 1. The van der Waals surface area contributed by atoms with Crippen LogP contribution in [0, 0.1) is 5.82 Å². The monoisotopic (exact) mass is 285 g/mol. The number of benzene rings is 2. The van der Waals surface area contributed by atoms with Crippen molar-refractivity contribution < 1.29 is 9.13 Å². The van der Waals surface area contributed by atoms with Gasteiger partial charge in [-0.3, -0.25) is 0 Å². The van der Waals surface area contributed by atoms with Gasteiger partial charge in [-0.2, -0.15) is 0 Å². The minimum Gasteiger partial charge on any atom is -0.494 e. The van der Waals surface area contributed by atoms with Crippen molar-refractivity contribution in [2.75, 3.05) is 7.11 Å². The van der Waals surface area contributed by atoms with Crippen molar-refractivity contribution in [1.29, 1.82) is 0 Å². The van der Waals surface area contributed by atoms with E-state index >= 15 is 0 Å². The topological polar surface area (TPSA) is 35.2 Å². The van der Waals surface area contributed by atoms with E-state index in [9.17, 15) is 4.39 Å². The van der Waals surface area contributed by atoms with Crippen LogP contribution in [0.3, 0.4) is 0 Å². The van der Waals surface area contributed by atoms with E-state index in [0.29, 0.717) is 0 Å². The Morgan fingerprint density at radius 3 is 2.43 bits per heavy atom. The summed E-state index contributed by atoms with van der Waals surface area (Å²) in [6.45, 7) is 0. The molecule has 110 valence electrons. The summed E-state index contributed by atoms with van der Waals surface area (Å²) in [6, 6.07) is 11.0. The Kier molecular flexibility index (Phi) is 3.93. The molecule has 2 N–H and O–H groups in total. The van der Waals surface area contributed by atoms with Gasteiger partial charge in [0.2, 0.25) is 0 Å². The molecule has 0 spiro atoms. The lowest BCUT2D eigenvalue weighted by Gasteiger charge is -2.20. The molecular weight excluding hydrogens is 265 g/mol. The van der Waals surface area contributed by atoms with Crippen molar-refractivity contribution in [3.8, 4) is 5.75 Å². The molecule has 21 heavy (non-hydrogen) atoms. The molecule has 0 amide bonds. The highest BCUT2D eigenvalue weighted by molar-refractivity contribution is 5.41. The van der Waals surface area contributed by atoms with Crippen LogP contribution >= 0.6 is 0 Å². The van der Waals surface area contributed by atoms with Crippen LogP contribution < -0.4 is 10.5 Å². The zero-order valence-electron chi connectivity index (χ0n) is 12.2. The Hall–Kier alpha value is -1.87. The van der Waals surface area contributed by atoms with Gasteiger partial charge < -0.3 is 10.5 Å². The summed E-state index contributed by atoms with van der Waals surface area (Å²) in [6.07, 6.45) is 4.81. The highest BCUT2D eigenvalue weighted by atomic mass is 19.1. The highest BCUT2D eigenvalue weighted by Crippen LogP contribution is 2.29. The second-order valence-corrected chi connectivity index (χ2v) is 5.61. The van der Waals surface area contributed by atoms with Gasteiger partial charge in [-0.25, -0.2) is 4.39 Å². The Morgan fingerprint density at radius 2 is 1.67 bits per heavy atom. The maximum Gasteiger partial charge on any atom is 0.165 e. The van der Waals surface area contributed by atoms with Gasteiger partial charge in [0, 0.05) is 0 Å². The van der Waals surface area contributed by atoms with E-state index < -0.39 is 0 Å². The van der Waals surface area contributed by atoms with Gasteiger partial charge in [0.15, 0.2) is 11.6 Å². The molecule has 0 radical (unpaired) electrons. The SMILES string of the molecule is COc1cc(C(N)c2ccc3c(c2)CCCC3)ccc1F. The molecule has 0 bridgehead atoms. The van der Waals surface area contributed by atoms with Crippen molar-refractivity contribution in [2.45, 2.75) is 31.7 Å². The third kappa shape index (κ3) is 2.79. The molecule has 0 fully saturated rings. The summed E-state index contributed by atoms with van der Waals surface area (Å²) in [5, 5.41) is 0. The van der Waals surface area contributed by atoms with Crippen LogP contribution in [-0.2, 0) is 12.8 Å². The molecule has 0 aromatic heterocycles. The van der Waals surface area contributed by atoms with Crippen molar-refractivity contribution in [1.82, 2.24) is 0 Å². The van der Waals surface area contributed by atoms with Crippen molar-refractivity contribution in [3.63, 3.8) is 0 Å². The van der Waals surface area contributed by atoms with Gasteiger partial charge in [0.1, 0.15) is 0 Å². The predicted octanol–water partition coefficient (Wildman–Crippen LogP) is 3.76. The normalized spacial score (nSPS) is 15.4. The molecular formula is C18H20FNO. The molecule has 1 atom stereocenters. The maximum atomic E-state index is 13.5. The molecule has 0 saturated carbocycles. The first-order valence-corrected chi connectivity index (χ1v) is 7.40. The summed E-state index contributed by atoms with van der Waals surface area (Å²) in [5.74, 6) is -0.125. The van der Waals surface area contributed by atoms with E-state index in [2.05, 4.69) is 18.2 Å². The second-order valence-electron chi connectivity index (χ2n) is 5.61. The fraction of sp³-hybridized carbons (Fsp3) is 0.333. The Bertz CT molecular complexity index is 654. The Labute approximate surface area is 124 Å². The molecule has 1 aliphatic rings. The first kappa shape index (κ1) is 14.1. The first-order valence-electron chi connectivity index (χ1n) is 7.40. The number of methoxy groups -OCH3 is 1. The van der Waals surface area contributed by atoms with Crippen LogP contribution in [0.5, 0.6) is 5.75 Å². The lowest BCUT2D eigenvalue weighted by Crippen LogP contribution is -2.14. The fourth-order valence-corrected chi connectivity index (χ4v) is 3.01. The van der Waals surface area contributed by atoms with Crippen LogP contribution in [0.1, 0.15) is 41.1 Å². The van der Waals surface area contributed by atoms with E-state index in [-0.39, 0.29) is 17.6 Å². The zero-order valence-corrected chi connectivity index (χ0v) is 12.2. The van der Waals surface area contributed by atoms with Crippen LogP contribution in [-0.4, -0.2) is 7.11 Å². The van der Waals surface area contributed by atoms with Crippen molar-refractivity contribution in [2.24, 2.45) is 5.73 Å². The first-order chi connectivity index (χ1) is 10.2. The molecule has 2 aromatic carbocycles. The standard InChI is InChI=1S/C18H20FNO/c1-21-17-11-15(8-9-16(17)19)18(20)14-7-6-12-4-2-3-5-13(12)10-14/h6-11,18H,2-5,20H2,1H3. The molecule has 0 saturated heterocycles. The van der Waals surface area contributed by atoms with Crippen molar-refractivity contribution in [3.05, 3.63) is 64.5 Å². The maximum absolute atomic E-state index is 13.5. The van der Waals surface area contributed by atoms with E-state index in [1.54, 1.807) is 12.1 Å². The number of halogens is 1. The summed E-state index contributed by atoms with van der Waals surface area (Å²) < 4.78 is 18.5.